The van der Waals surface area contributed by atoms with Crippen molar-refractivity contribution in [2.24, 2.45) is 11.8 Å². The van der Waals surface area contributed by atoms with Gasteiger partial charge in [-0.1, -0.05) is 52.6 Å². The Hall–Kier alpha value is 0.920. The first-order valence-electron chi connectivity index (χ1n) is 4.38. The van der Waals surface area contributed by atoms with Crippen LogP contribution in [0, 0.1) is 11.8 Å². The summed E-state index contributed by atoms with van der Waals surface area (Å²) >= 11 is 6.87. The molecular weight excluding hydrogens is 284 g/mol. The fourth-order valence-corrected chi connectivity index (χ4v) is 2.17. The van der Waals surface area contributed by atoms with Crippen LogP contribution in [0.25, 0.3) is 0 Å². The maximum absolute atomic E-state index is 9.84. The summed E-state index contributed by atoms with van der Waals surface area (Å²) in [6.07, 6.45) is 0.836. The average molecular weight is 302 g/mol. The first-order valence-corrected chi connectivity index (χ1v) is 6.42. The Morgan fingerprint density at radius 3 is 2.08 bits per heavy atom. The minimum absolute atomic E-state index is 0.197. The van der Waals surface area contributed by atoms with Crippen molar-refractivity contribution in [3.8, 4) is 0 Å². The van der Waals surface area contributed by atoms with E-state index in [9.17, 15) is 5.11 Å². The fourth-order valence-electron chi connectivity index (χ4n) is 1.13. The molecule has 74 valence electrons. The topological polar surface area (TPSA) is 20.2 Å². The van der Waals surface area contributed by atoms with Gasteiger partial charge < -0.3 is 5.11 Å². The normalized spacial score (nSPS) is 21.5. The monoisotopic (exact) mass is 300 g/mol. The Bertz CT molecular complexity index is 117. The molecule has 4 unspecified atom stereocenters. The summed E-state index contributed by atoms with van der Waals surface area (Å²) in [6, 6.07) is 0. The number of alkyl halides is 2. The van der Waals surface area contributed by atoms with Crippen molar-refractivity contribution in [1.82, 2.24) is 0 Å². The predicted octanol–water partition coefficient (Wildman–Crippen LogP) is 3.19. The molecule has 1 nitrogen and oxygen atoms in total. The van der Waals surface area contributed by atoms with Crippen LogP contribution in [0.2, 0.25) is 0 Å². The van der Waals surface area contributed by atoms with E-state index in [2.05, 4.69) is 52.6 Å². The highest BCUT2D eigenvalue weighted by Crippen LogP contribution is 2.23. The molecular formula is C9H18Br2O. The number of aliphatic hydroxyl groups excluding tert-OH is 1. The highest BCUT2D eigenvalue weighted by Gasteiger charge is 2.23. The Balaban J connectivity index is 3.90. The van der Waals surface area contributed by atoms with Gasteiger partial charge in [-0.05, 0) is 18.3 Å². The van der Waals surface area contributed by atoms with Gasteiger partial charge in [-0.15, -0.1) is 0 Å². The Morgan fingerprint density at radius 2 is 1.75 bits per heavy atom. The van der Waals surface area contributed by atoms with Crippen LogP contribution in [0.1, 0.15) is 27.2 Å². The van der Waals surface area contributed by atoms with Crippen LogP contribution < -0.4 is 0 Å². The first kappa shape index (κ1) is 12.9. The summed E-state index contributed by atoms with van der Waals surface area (Å²) in [5, 5.41) is 10.8. The molecule has 1 N–H and O–H groups in total. The zero-order chi connectivity index (χ0) is 9.72. The molecule has 0 rings (SSSR count). The van der Waals surface area contributed by atoms with Crippen molar-refractivity contribution in [1.29, 1.82) is 0 Å². The Morgan fingerprint density at radius 1 is 1.25 bits per heavy atom. The summed E-state index contributed by atoms with van der Waals surface area (Å²) in [5.41, 5.74) is 0. The van der Waals surface area contributed by atoms with Crippen LogP contribution in [0.15, 0.2) is 0 Å². The molecule has 0 aromatic rings. The second-order valence-electron chi connectivity index (χ2n) is 3.48. The lowest BCUT2D eigenvalue weighted by atomic mass is 9.90. The van der Waals surface area contributed by atoms with Crippen molar-refractivity contribution in [2.45, 2.75) is 38.1 Å². The Labute approximate surface area is 92.2 Å². The third kappa shape index (κ3) is 4.24. The van der Waals surface area contributed by atoms with Crippen LogP contribution >= 0.6 is 31.9 Å². The highest BCUT2D eigenvalue weighted by molar-refractivity contribution is 9.09. The van der Waals surface area contributed by atoms with E-state index in [1.807, 2.05) is 0 Å². The molecule has 0 aliphatic rings. The first-order chi connectivity index (χ1) is 5.50. The van der Waals surface area contributed by atoms with E-state index in [4.69, 9.17) is 0 Å². The maximum atomic E-state index is 9.84. The molecule has 3 heteroatoms. The van der Waals surface area contributed by atoms with Gasteiger partial charge in [-0.25, -0.2) is 0 Å². The number of hydrogen-bond donors (Lipinski definition) is 1. The molecule has 0 spiro atoms. The van der Waals surface area contributed by atoms with Gasteiger partial charge in [0.25, 0.3) is 0 Å². The largest absolute Gasteiger partial charge is 0.393 e. The molecule has 0 heterocycles. The van der Waals surface area contributed by atoms with Crippen molar-refractivity contribution in [3.05, 3.63) is 0 Å². The van der Waals surface area contributed by atoms with Crippen molar-refractivity contribution in [3.63, 3.8) is 0 Å². The summed E-state index contributed by atoms with van der Waals surface area (Å²) in [5.74, 6) is 0.693. The van der Waals surface area contributed by atoms with Gasteiger partial charge in [0.15, 0.2) is 0 Å². The van der Waals surface area contributed by atoms with Gasteiger partial charge in [-0.3, -0.25) is 0 Å². The van der Waals surface area contributed by atoms with Crippen LogP contribution in [-0.2, 0) is 0 Å². The summed E-state index contributed by atoms with van der Waals surface area (Å²) < 4.78 is 0. The molecule has 0 radical (unpaired) electrons. The second-order valence-corrected chi connectivity index (χ2v) is 5.72. The predicted molar refractivity (Wildman–Crippen MR) is 61.1 cm³/mol. The summed E-state index contributed by atoms with van der Waals surface area (Å²) in [6.45, 7) is 6.25. The molecule has 0 amide bonds. The van der Waals surface area contributed by atoms with E-state index in [0.717, 1.165) is 11.8 Å². The lowest BCUT2D eigenvalue weighted by Gasteiger charge is -2.26. The molecule has 0 aromatic heterocycles. The van der Waals surface area contributed by atoms with Crippen molar-refractivity contribution in [2.75, 3.05) is 5.33 Å². The summed E-state index contributed by atoms with van der Waals surface area (Å²) in [7, 11) is 0. The van der Waals surface area contributed by atoms with E-state index >= 15 is 0 Å². The van der Waals surface area contributed by atoms with Crippen LogP contribution in [0.4, 0.5) is 0 Å². The second kappa shape index (κ2) is 6.39. The van der Waals surface area contributed by atoms with E-state index in [1.165, 1.54) is 0 Å². The van der Waals surface area contributed by atoms with Gasteiger partial charge in [0.05, 0.1) is 6.10 Å². The number of rotatable bonds is 5. The van der Waals surface area contributed by atoms with Crippen molar-refractivity contribution >= 4 is 31.9 Å². The molecule has 0 bridgehead atoms. The quantitative estimate of drug-likeness (QED) is 0.773. The van der Waals surface area contributed by atoms with Crippen LogP contribution in [0.3, 0.4) is 0 Å². The minimum Gasteiger partial charge on any atom is -0.393 e. The third-order valence-electron chi connectivity index (χ3n) is 2.41. The summed E-state index contributed by atoms with van der Waals surface area (Å²) in [4.78, 5) is 0.380. The molecule has 0 saturated heterocycles. The molecule has 0 aromatic carbocycles. The van der Waals surface area contributed by atoms with Gasteiger partial charge in [0, 0.05) is 10.2 Å². The van der Waals surface area contributed by atoms with Gasteiger partial charge in [-0.2, -0.15) is 0 Å². The lowest BCUT2D eigenvalue weighted by Crippen LogP contribution is -2.30. The molecule has 0 aliphatic carbocycles. The van der Waals surface area contributed by atoms with E-state index in [0.29, 0.717) is 16.7 Å². The van der Waals surface area contributed by atoms with Crippen molar-refractivity contribution < 1.29 is 5.11 Å². The highest BCUT2D eigenvalue weighted by atomic mass is 79.9. The zero-order valence-electron chi connectivity index (χ0n) is 7.93. The molecule has 0 saturated carbocycles. The number of halogens is 2. The van der Waals surface area contributed by atoms with Gasteiger partial charge in [0.2, 0.25) is 0 Å². The minimum atomic E-state index is -0.197. The lowest BCUT2D eigenvalue weighted by molar-refractivity contribution is 0.0652. The SMILES string of the molecule is CC(Br)C(C)C(O)C(C)CCBr. The number of aliphatic hydroxyl groups is 1. The Kier molecular flexibility index (Phi) is 6.87. The third-order valence-corrected chi connectivity index (χ3v) is 3.70. The van der Waals surface area contributed by atoms with E-state index < -0.39 is 0 Å². The zero-order valence-corrected chi connectivity index (χ0v) is 11.1. The van der Waals surface area contributed by atoms with E-state index in [-0.39, 0.29) is 6.10 Å². The van der Waals surface area contributed by atoms with Gasteiger partial charge >= 0.3 is 0 Å². The average Bonchev–Trinajstić information content (AvgIpc) is 2.02. The molecule has 12 heavy (non-hydrogen) atoms. The molecule has 0 aliphatic heterocycles. The van der Waals surface area contributed by atoms with E-state index in [1.54, 1.807) is 0 Å². The smallest absolute Gasteiger partial charge is 0.0602 e. The maximum Gasteiger partial charge on any atom is 0.0602 e. The fraction of sp³-hybridized carbons (Fsp3) is 1.00. The molecule has 4 atom stereocenters. The van der Waals surface area contributed by atoms with Gasteiger partial charge in [0.1, 0.15) is 0 Å². The standard InChI is InChI=1S/C9H18Br2O/c1-6(4-5-10)9(12)7(2)8(3)11/h6-9,12H,4-5H2,1-3H3. The van der Waals surface area contributed by atoms with Crippen LogP contribution in [0.5, 0.6) is 0 Å². The number of hydrogen-bond acceptors (Lipinski definition) is 1. The van der Waals surface area contributed by atoms with Crippen LogP contribution in [-0.4, -0.2) is 21.4 Å². The molecule has 0 fully saturated rings.